The van der Waals surface area contributed by atoms with E-state index in [9.17, 15) is 40.7 Å². The van der Waals surface area contributed by atoms with Gasteiger partial charge in [0.2, 0.25) is 11.4 Å². The van der Waals surface area contributed by atoms with Gasteiger partial charge in [-0.15, -0.1) is 20.5 Å². The Hall–Kier alpha value is -15.4. The molecule has 0 aliphatic carbocycles. The van der Waals surface area contributed by atoms with E-state index in [-0.39, 0.29) is 95.6 Å². The van der Waals surface area contributed by atoms with E-state index in [1.807, 2.05) is 52.0 Å². The van der Waals surface area contributed by atoms with Crippen molar-refractivity contribution in [2.45, 2.75) is 116 Å². The summed E-state index contributed by atoms with van der Waals surface area (Å²) in [5, 5.41) is 82.9. The molecule has 4 N–H and O–H groups in total. The Morgan fingerprint density at radius 3 is 0.986 bits per heavy atom. The number of hydrogen-bond donors (Lipinski definition) is 4. The van der Waals surface area contributed by atoms with Crippen LogP contribution in [0.4, 0.5) is 68.2 Å². The van der Waals surface area contributed by atoms with Crippen molar-refractivity contribution >= 4 is 124 Å². The van der Waals surface area contributed by atoms with Crippen molar-refractivity contribution in [2.75, 3.05) is 59.9 Å². The zero-order chi connectivity index (χ0) is 99.7. The third kappa shape index (κ3) is 20.9. The first-order valence-corrected chi connectivity index (χ1v) is 48.7. The van der Waals surface area contributed by atoms with Crippen molar-refractivity contribution in [3.05, 3.63) is 461 Å². The van der Waals surface area contributed by atoms with Gasteiger partial charge in [0.15, 0.2) is 24.5 Å². The fourth-order valence-electron chi connectivity index (χ4n) is 21.1. The predicted octanol–water partition coefficient (Wildman–Crippen LogP) is 29.6. The fourth-order valence-corrected chi connectivity index (χ4v) is 21.5. The van der Waals surface area contributed by atoms with Crippen LogP contribution >= 0.6 is 23.2 Å². The predicted molar refractivity (Wildman–Crippen MR) is 577 cm³/mol. The summed E-state index contributed by atoms with van der Waals surface area (Å²) in [5.74, 6) is -0.784. The van der Waals surface area contributed by atoms with Crippen LogP contribution in [-0.4, -0.2) is 91.1 Å². The van der Waals surface area contributed by atoms with Gasteiger partial charge in [0.25, 0.3) is 11.4 Å². The van der Waals surface area contributed by atoms with Crippen molar-refractivity contribution in [2.24, 2.45) is 20.5 Å². The summed E-state index contributed by atoms with van der Waals surface area (Å²) in [6.45, 7) is 22.4. The Balaban J connectivity index is 0.000000244. The Labute approximate surface area is 855 Å². The average molecular weight is 1980 g/mol. The molecule has 0 fully saturated rings. The molecule has 723 valence electrons. The molecule has 0 atom stereocenters. The monoisotopic (exact) mass is 1980 g/mol. The molecule has 0 spiro atoms. The molecule has 1 radical (unpaired) electrons. The second kappa shape index (κ2) is 43.4. The zero-order valence-electron chi connectivity index (χ0n) is 81.6. The van der Waals surface area contributed by atoms with Crippen molar-refractivity contribution in [1.82, 2.24) is 0 Å². The Morgan fingerprint density at radius 2 is 0.678 bits per heavy atom. The maximum Gasteiger partial charge on any atom is 0.273 e. The summed E-state index contributed by atoms with van der Waals surface area (Å²) in [5.41, 5.74) is 23.3. The number of nitro groups is 2. The smallest absolute Gasteiger partial charge is 0.273 e. The van der Waals surface area contributed by atoms with Crippen LogP contribution in [0.3, 0.4) is 0 Å². The van der Waals surface area contributed by atoms with E-state index in [0.717, 1.165) is 85.4 Å². The first kappa shape index (κ1) is 101. The van der Waals surface area contributed by atoms with Crippen molar-refractivity contribution in [1.29, 1.82) is 0 Å². The number of fused-ring (bicyclic) bond motifs is 8. The molecule has 0 saturated heterocycles. The average Bonchev–Trinajstić information content (AvgIpc) is 1.58. The molecular weight excluding hydrogens is 1870 g/mol. The van der Waals surface area contributed by atoms with Gasteiger partial charge in [0.1, 0.15) is 45.7 Å². The summed E-state index contributed by atoms with van der Waals surface area (Å²) in [6.07, 6.45) is 17.5. The molecular formula is C120H114Cl2CoN12O8+2. The molecule has 15 aromatic rings. The third-order valence-corrected chi connectivity index (χ3v) is 28.5. The number of allylic oxidation sites excluding steroid dienone is 8. The van der Waals surface area contributed by atoms with Crippen LogP contribution in [0.5, 0.6) is 23.0 Å². The first-order chi connectivity index (χ1) is 68.6. The number of anilines is 4. The van der Waals surface area contributed by atoms with Gasteiger partial charge in [-0.3, -0.25) is 20.2 Å². The van der Waals surface area contributed by atoms with Crippen LogP contribution in [0, 0.1) is 20.2 Å². The quantitative estimate of drug-likeness (QED) is 0.0155. The first-order valence-electron chi connectivity index (χ1n) is 48.0. The van der Waals surface area contributed by atoms with Gasteiger partial charge in [-0.2, -0.15) is 9.15 Å². The normalized spacial score (nSPS) is 15.1. The minimum Gasteiger partial charge on any atom is -0.506 e. The number of azo groups is 2. The second-order valence-corrected chi connectivity index (χ2v) is 38.3. The van der Waals surface area contributed by atoms with Gasteiger partial charge < -0.3 is 40.0 Å². The second-order valence-electron chi connectivity index (χ2n) is 37.4. The molecule has 23 heteroatoms. The van der Waals surface area contributed by atoms with E-state index in [4.69, 9.17) is 23.2 Å². The van der Waals surface area contributed by atoms with Gasteiger partial charge in [0.05, 0.1) is 32.8 Å². The minimum atomic E-state index is -0.613. The van der Waals surface area contributed by atoms with Crippen LogP contribution in [0.25, 0.3) is 21.5 Å². The van der Waals surface area contributed by atoms with Crippen LogP contribution in [-0.2, 0) is 77.2 Å². The number of phenolic OH excluding ortho intramolecular Hbond substituents is 4. The van der Waals surface area contributed by atoms with E-state index in [0.29, 0.717) is 13.1 Å². The van der Waals surface area contributed by atoms with Crippen LogP contribution < -0.4 is 19.6 Å². The third-order valence-electron chi connectivity index (χ3n) is 28.0. The molecule has 143 heavy (non-hydrogen) atoms. The molecule has 19 rings (SSSR count). The number of hydrogen-bond acceptors (Lipinski definition) is 16. The number of nitrogens with zero attached hydrogens (tertiary/aromatic N) is 12. The van der Waals surface area contributed by atoms with Gasteiger partial charge in [-0.25, -0.2) is 0 Å². The molecule has 0 bridgehead atoms. The van der Waals surface area contributed by atoms with E-state index in [1.54, 1.807) is 24.3 Å². The molecule has 0 amide bonds. The van der Waals surface area contributed by atoms with Crippen molar-refractivity contribution in [3.63, 3.8) is 0 Å². The number of nitro benzene ring substituents is 2. The Kier molecular flexibility index (Phi) is 30.5. The Bertz CT molecular complexity index is 7020. The summed E-state index contributed by atoms with van der Waals surface area (Å²) in [4.78, 5) is 29.0. The van der Waals surface area contributed by atoms with Gasteiger partial charge in [-0.1, -0.05) is 229 Å². The van der Waals surface area contributed by atoms with E-state index in [1.165, 1.54) is 147 Å². The molecule has 0 saturated carbocycles. The van der Waals surface area contributed by atoms with E-state index >= 15 is 0 Å². The van der Waals surface area contributed by atoms with Crippen LogP contribution in [0.15, 0.2) is 396 Å². The molecule has 15 aromatic carbocycles. The molecule has 4 aliphatic rings. The summed E-state index contributed by atoms with van der Waals surface area (Å²) in [7, 11) is 4.45. The summed E-state index contributed by atoms with van der Waals surface area (Å²) >= 11 is 13.9. The van der Waals surface area contributed by atoms with Crippen molar-refractivity contribution in [3.8, 4) is 23.0 Å². The SMILES string of the molecule is CCN(CC)c1ccc(N=Nc2ccc([N+](=O)[O-])cc2O)c(O)c1.CCN(CC)c1ccc(N=Nc2ccc([N+](=O)[O-])cc2O)c(O)c1.CN1/C(=C/C=C/C2=[N+](Cc3ccc(C[N+]4=C(/C=C/C=C5/N(C)c6ccc(Cl)cc6C5(Cc5ccccc5)Cc5ccccc5)C(C)(C)c5c4ccc4ccccc54)cc3)c3ccc4ccccc4c3C2(C)C)C(Cc2ccccc2)(Cc2ccccc2)c2cc(Cl)ccc21.[Co]. The molecule has 4 aliphatic heterocycles. The zero-order valence-corrected chi connectivity index (χ0v) is 84.1. The fraction of sp³-hybridized carbons (Fsp3) is 0.200. The van der Waals surface area contributed by atoms with Gasteiger partial charge in [-0.05, 0) is 233 Å². The van der Waals surface area contributed by atoms with E-state index < -0.39 is 9.85 Å². The largest absolute Gasteiger partial charge is 0.506 e. The summed E-state index contributed by atoms with van der Waals surface area (Å²) in [6, 6.07) is 110. The Morgan fingerprint density at radius 1 is 0.371 bits per heavy atom. The maximum atomic E-state index is 10.6. The number of benzene rings is 15. The molecule has 0 unspecified atom stereocenters. The number of aromatic hydroxyl groups is 4. The van der Waals surface area contributed by atoms with Crippen molar-refractivity contribution < 1.29 is 56.2 Å². The number of likely N-dealkylation sites (N-methyl/N-ethyl adjacent to an activating group) is 2. The summed E-state index contributed by atoms with van der Waals surface area (Å²) < 4.78 is 5.16. The number of non-ortho nitro benzene ring substituents is 2. The standard InChI is InChI=1S/C88H78Cl2N4.2C16H18N4O4.Co/c1-85(2)79(37-23-39-81-87(55-61-25-11-7-12-26-61,56-62-27-13-8-14-28-62)73-53-69(89)47-51-75(73)91(81)5)93(77-49-45-67-33-19-21-35-71(67)83(77)85)59-65-41-43-66(44-42-65)60-94-78-50-46-68-34-20-22-36-72(68)84(78)86(3,4)80(94)38-24-40-82-88(57-63-29-15-9-16-30-63,58-64-31-17-10-18-32-64)74-54-70(90)48-52-76(74)92(82)6;2*1-3-19(4-2)11-5-7-13(15(21)9-11)17-18-14-8-6-12(20(23)24)10-16(14)22;/h7-54H,55-60H2,1-6H3;2*5-10,21-22H,3-4H2,1-2H3;/q+2;;;. The van der Waals surface area contributed by atoms with E-state index in [2.05, 4.69) is 370 Å². The van der Waals surface area contributed by atoms with Gasteiger partial charge in [0, 0.05) is 183 Å². The number of rotatable bonds is 28. The maximum absolute atomic E-state index is 10.6. The number of halogens is 2. The topological polar surface area (TPSA) is 236 Å². The van der Waals surface area contributed by atoms with Crippen LogP contribution in [0.2, 0.25) is 10.0 Å². The molecule has 4 heterocycles. The molecule has 20 nitrogen and oxygen atoms in total. The number of phenols is 4. The van der Waals surface area contributed by atoms with Crippen LogP contribution in [0.1, 0.15) is 111 Å². The molecule has 0 aromatic heterocycles. The van der Waals surface area contributed by atoms with Gasteiger partial charge >= 0.3 is 0 Å². The minimum absolute atomic E-state index is 0.